The number of benzene rings is 2. The summed E-state index contributed by atoms with van der Waals surface area (Å²) in [4.78, 5) is 12.5. The lowest BCUT2D eigenvalue weighted by Gasteiger charge is -2.28. The fourth-order valence-electron chi connectivity index (χ4n) is 2.37. The van der Waals surface area contributed by atoms with Crippen molar-refractivity contribution in [2.75, 3.05) is 15.9 Å². The zero-order valence-electron chi connectivity index (χ0n) is 13.7. The Balaban J connectivity index is 2.29. The van der Waals surface area contributed by atoms with E-state index in [2.05, 4.69) is 5.32 Å². The second-order valence-corrected chi connectivity index (χ2v) is 7.87. The Labute approximate surface area is 147 Å². The fraction of sp³-hybridized carbons (Fsp3) is 0.235. The number of carbonyl (C=O) groups is 1. The number of nitrogens with zero attached hydrogens (tertiary/aromatic N) is 1. The summed E-state index contributed by atoms with van der Waals surface area (Å²) in [6.07, 6.45) is 1.07. The molecule has 0 saturated heterocycles. The summed E-state index contributed by atoms with van der Waals surface area (Å²) in [5.74, 6) is -0.416. The Morgan fingerprint density at radius 3 is 2.33 bits per heavy atom. The maximum atomic E-state index is 12.5. The monoisotopic (exact) mass is 366 g/mol. The number of carbonyl (C=O) groups excluding carboxylic acids is 1. The predicted molar refractivity (Wildman–Crippen MR) is 98.0 cm³/mol. The Bertz CT molecular complexity index is 835. The highest BCUT2D eigenvalue weighted by Crippen LogP contribution is 2.23. The van der Waals surface area contributed by atoms with Gasteiger partial charge in [0.25, 0.3) is 0 Å². The van der Waals surface area contributed by atoms with Crippen molar-refractivity contribution in [1.82, 2.24) is 0 Å². The van der Waals surface area contributed by atoms with Crippen LogP contribution in [0.2, 0.25) is 5.02 Å². The van der Waals surface area contributed by atoms with E-state index in [9.17, 15) is 13.2 Å². The molecule has 0 aliphatic heterocycles. The van der Waals surface area contributed by atoms with Gasteiger partial charge in [0.05, 0.1) is 11.9 Å². The molecule has 2 rings (SSSR count). The van der Waals surface area contributed by atoms with Crippen molar-refractivity contribution in [3.8, 4) is 0 Å². The van der Waals surface area contributed by atoms with Crippen molar-refractivity contribution in [1.29, 1.82) is 0 Å². The minimum Gasteiger partial charge on any atom is -0.324 e. The maximum absolute atomic E-state index is 12.5. The van der Waals surface area contributed by atoms with E-state index in [4.69, 9.17) is 11.6 Å². The standard InChI is InChI=1S/C17H19ClN2O3S/c1-12-5-4-6-15(11-12)19-17(21)13(2)20(24(3,22)23)16-9-7-14(18)8-10-16/h4-11,13H,1-3H3,(H,19,21). The number of hydrogen-bond acceptors (Lipinski definition) is 3. The molecule has 128 valence electrons. The third kappa shape index (κ3) is 4.49. The molecule has 1 atom stereocenters. The molecular formula is C17H19ClN2O3S. The van der Waals surface area contributed by atoms with Gasteiger partial charge in [-0.1, -0.05) is 23.7 Å². The lowest BCUT2D eigenvalue weighted by molar-refractivity contribution is -0.116. The lowest BCUT2D eigenvalue weighted by atomic mass is 10.2. The van der Waals surface area contributed by atoms with Crippen LogP contribution in [-0.2, 0) is 14.8 Å². The summed E-state index contributed by atoms with van der Waals surface area (Å²) in [6, 6.07) is 12.7. The molecule has 24 heavy (non-hydrogen) atoms. The van der Waals surface area contributed by atoms with Gasteiger partial charge in [-0.2, -0.15) is 0 Å². The highest BCUT2D eigenvalue weighted by atomic mass is 35.5. The highest BCUT2D eigenvalue weighted by Gasteiger charge is 2.29. The molecule has 2 aromatic rings. The van der Waals surface area contributed by atoms with Gasteiger partial charge in [0.15, 0.2) is 0 Å². The van der Waals surface area contributed by atoms with Gasteiger partial charge in [-0.05, 0) is 55.8 Å². The number of rotatable bonds is 5. The number of aryl methyl sites for hydroxylation is 1. The van der Waals surface area contributed by atoms with E-state index in [0.717, 1.165) is 16.1 Å². The van der Waals surface area contributed by atoms with Crippen LogP contribution in [-0.4, -0.2) is 26.6 Å². The first-order valence-electron chi connectivity index (χ1n) is 7.31. The lowest BCUT2D eigenvalue weighted by Crippen LogP contribution is -2.45. The summed E-state index contributed by atoms with van der Waals surface area (Å²) in [5, 5.41) is 3.23. The Hall–Kier alpha value is -2.05. The average Bonchev–Trinajstić information content (AvgIpc) is 2.48. The quantitative estimate of drug-likeness (QED) is 0.881. The second kappa shape index (κ2) is 7.23. The first kappa shape index (κ1) is 18.3. The molecule has 1 N–H and O–H groups in total. The molecule has 0 bridgehead atoms. The van der Waals surface area contributed by atoms with Crippen molar-refractivity contribution in [2.45, 2.75) is 19.9 Å². The largest absolute Gasteiger partial charge is 0.324 e. The molecule has 0 aromatic heterocycles. The number of halogens is 1. The predicted octanol–water partition coefficient (Wildman–Crippen LogP) is 3.44. The normalized spacial score (nSPS) is 12.5. The Morgan fingerprint density at radius 1 is 1.17 bits per heavy atom. The molecule has 0 fully saturated rings. The molecule has 2 aromatic carbocycles. The molecule has 7 heteroatoms. The van der Waals surface area contributed by atoms with Gasteiger partial charge >= 0.3 is 0 Å². The van der Waals surface area contributed by atoms with Crippen LogP contribution in [0.5, 0.6) is 0 Å². The number of amides is 1. The molecule has 0 heterocycles. The van der Waals surface area contributed by atoms with Gasteiger partial charge in [0.2, 0.25) is 15.9 Å². The molecule has 0 radical (unpaired) electrons. The van der Waals surface area contributed by atoms with Gasteiger partial charge < -0.3 is 5.32 Å². The molecule has 5 nitrogen and oxygen atoms in total. The van der Waals surface area contributed by atoms with Crippen LogP contribution in [0.4, 0.5) is 11.4 Å². The third-order valence-electron chi connectivity index (χ3n) is 3.46. The zero-order chi connectivity index (χ0) is 17.9. The van der Waals surface area contributed by atoms with E-state index in [1.54, 1.807) is 37.3 Å². The van der Waals surface area contributed by atoms with E-state index < -0.39 is 22.0 Å². The first-order chi connectivity index (χ1) is 11.2. The zero-order valence-corrected chi connectivity index (χ0v) is 15.2. The Morgan fingerprint density at radius 2 is 1.79 bits per heavy atom. The van der Waals surface area contributed by atoms with Crippen molar-refractivity contribution >= 4 is 38.9 Å². The summed E-state index contributed by atoms with van der Waals surface area (Å²) in [6.45, 7) is 3.45. The summed E-state index contributed by atoms with van der Waals surface area (Å²) in [7, 11) is -3.65. The topological polar surface area (TPSA) is 66.5 Å². The smallest absolute Gasteiger partial charge is 0.247 e. The van der Waals surface area contributed by atoms with E-state index in [-0.39, 0.29) is 0 Å². The van der Waals surface area contributed by atoms with Crippen LogP contribution in [0.15, 0.2) is 48.5 Å². The van der Waals surface area contributed by atoms with E-state index in [1.807, 2.05) is 25.1 Å². The molecule has 0 aliphatic carbocycles. The minimum absolute atomic E-state index is 0.383. The first-order valence-corrected chi connectivity index (χ1v) is 9.53. The van der Waals surface area contributed by atoms with E-state index in [0.29, 0.717) is 16.4 Å². The molecule has 1 unspecified atom stereocenters. The summed E-state index contributed by atoms with van der Waals surface area (Å²) in [5.41, 5.74) is 2.00. The van der Waals surface area contributed by atoms with E-state index in [1.165, 1.54) is 0 Å². The molecule has 0 aliphatic rings. The van der Waals surface area contributed by atoms with Crippen LogP contribution < -0.4 is 9.62 Å². The second-order valence-electron chi connectivity index (χ2n) is 5.57. The summed E-state index contributed by atoms with van der Waals surface area (Å²) < 4.78 is 25.4. The van der Waals surface area contributed by atoms with Crippen LogP contribution in [0.25, 0.3) is 0 Å². The maximum Gasteiger partial charge on any atom is 0.247 e. The fourth-order valence-corrected chi connectivity index (χ4v) is 3.67. The van der Waals surface area contributed by atoms with E-state index >= 15 is 0 Å². The van der Waals surface area contributed by atoms with Crippen molar-refractivity contribution in [2.24, 2.45) is 0 Å². The SMILES string of the molecule is Cc1cccc(NC(=O)C(C)N(c2ccc(Cl)cc2)S(C)(=O)=O)c1. The highest BCUT2D eigenvalue weighted by molar-refractivity contribution is 7.92. The summed E-state index contributed by atoms with van der Waals surface area (Å²) >= 11 is 5.85. The van der Waals surface area contributed by atoms with Gasteiger partial charge in [0.1, 0.15) is 6.04 Å². The van der Waals surface area contributed by atoms with Gasteiger partial charge in [-0.25, -0.2) is 8.42 Å². The number of sulfonamides is 1. The van der Waals surface area contributed by atoms with Crippen LogP contribution in [0.1, 0.15) is 12.5 Å². The van der Waals surface area contributed by atoms with Gasteiger partial charge in [-0.3, -0.25) is 9.10 Å². The third-order valence-corrected chi connectivity index (χ3v) is 4.95. The molecule has 1 amide bonds. The number of nitrogens with one attached hydrogen (secondary N) is 1. The van der Waals surface area contributed by atoms with Gasteiger partial charge in [-0.15, -0.1) is 0 Å². The van der Waals surface area contributed by atoms with Crippen molar-refractivity contribution < 1.29 is 13.2 Å². The van der Waals surface area contributed by atoms with Crippen LogP contribution in [0, 0.1) is 6.92 Å². The van der Waals surface area contributed by atoms with Crippen LogP contribution in [0.3, 0.4) is 0 Å². The van der Waals surface area contributed by atoms with Crippen molar-refractivity contribution in [3.63, 3.8) is 0 Å². The number of anilines is 2. The molecular weight excluding hydrogens is 348 g/mol. The minimum atomic E-state index is -3.65. The molecule has 0 saturated carbocycles. The molecule has 0 spiro atoms. The van der Waals surface area contributed by atoms with Gasteiger partial charge in [0, 0.05) is 10.7 Å². The van der Waals surface area contributed by atoms with Crippen molar-refractivity contribution in [3.05, 3.63) is 59.1 Å². The Kier molecular flexibility index (Phi) is 5.51. The average molecular weight is 367 g/mol. The van der Waals surface area contributed by atoms with Crippen LogP contribution >= 0.6 is 11.6 Å². The number of hydrogen-bond donors (Lipinski definition) is 1.